The lowest BCUT2D eigenvalue weighted by Crippen LogP contribution is -2.35. The average molecular weight is 229 g/mol. The lowest BCUT2D eigenvalue weighted by atomic mass is 10.0. The molecule has 92 valence electrons. The van der Waals surface area contributed by atoms with Gasteiger partial charge in [-0.3, -0.25) is 0 Å². The van der Waals surface area contributed by atoms with Crippen molar-refractivity contribution in [3.8, 4) is 0 Å². The Morgan fingerprint density at radius 1 is 1.33 bits per heavy atom. The first-order valence-corrected chi connectivity index (χ1v) is 4.76. The summed E-state index contributed by atoms with van der Waals surface area (Å²) in [5.41, 5.74) is 5.64. The molecule has 0 radical (unpaired) electrons. The topological polar surface area (TPSA) is 44.5 Å². The summed E-state index contributed by atoms with van der Waals surface area (Å²) in [6, 6.07) is -0.387. The number of hydrogen-bond acceptors (Lipinski definition) is 3. The fraction of sp³-hybridized carbons (Fsp3) is 1.00. The highest BCUT2D eigenvalue weighted by molar-refractivity contribution is 4.68. The molecule has 15 heavy (non-hydrogen) atoms. The van der Waals surface area contributed by atoms with E-state index in [0.717, 1.165) is 0 Å². The second-order valence-corrected chi connectivity index (χ2v) is 3.55. The standard InChI is InChI=1S/C9H18F3NO2/c1-7(3-4-14-2)8(13)5-15-6-9(10,11)12/h7-8H,3-6,13H2,1-2H3. The Balaban J connectivity index is 3.59. The lowest BCUT2D eigenvalue weighted by Gasteiger charge is -2.19. The Hall–Kier alpha value is -0.330. The number of methoxy groups -OCH3 is 1. The van der Waals surface area contributed by atoms with Gasteiger partial charge in [0.15, 0.2) is 0 Å². The van der Waals surface area contributed by atoms with Crippen LogP contribution in [-0.4, -0.2) is 39.1 Å². The van der Waals surface area contributed by atoms with Crippen LogP contribution >= 0.6 is 0 Å². The van der Waals surface area contributed by atoms with Gasteiger partial charge >= 0.3 is 6.18 Å². The molecule has 2 unspecified atom stereocenters. The minimum atomic E-state index is -4.28. The molecule has 6 heteroatoms. The molecule has 0 spiro atoms. The highest BCUT2D eigenvalue weighted by atomic mass is 19.4. The zero-order valence-electron chi connectivity index (χ0n) is 9.01. The minimum Gasteiger partial charge on any atom is -0.385 e. The second kappa shape index (κ2) is 7.03. The summed E-state index contributed by atoms with van der Waals surface area (Å²) in [7, 11) is 1.57. The largest absolute Gasteiger partial charge is 0.411 e. The summed E-state index contributed by atoms with van der Waals surface area (Å²) in [6.07, 6.45) is -3.57. The van der Waals surface area contributed by atoms with Crippen molar-refractivity contribution >= 4 is 0 Å². The van der Waals surface area contributed by atoms with Gasteiger partial charge in [-0.25, -0.2) is 0 Å². The lowest BCUT2D eigenvalue weighted by molar-refractivity contribution is -0.175. The quantitative estimate of drug-likeness (QED) is 0.720. The summed E-state index contributed by atoms with van der Waals surface area (Å²) < 4.78 is 44.5. The normalized spacial score (nSPS) is 16.4. The second-order valence-electron chi connectivity index (χ2n) is 3.55. The van der Waals surface area contributed by atoms with Crippen molar-refractivity contribution in [1.82, 2.24) is 0 Å². The van der Waals surface area contributed by atoms with Crippen LogP contribution in [-0.2, 0) is 9.47 Å². The Morgan fingerprint density at radius 2 is 1.93 bits per heavy atom. The molecular formula is C9H18F3NO2. The third-order valence-corrected chi connectivity index (χ3v) is 2.08. The van der Waals surface area contributed by atoms with E-state index in [1.54, 1.807) is 7.11 Å². The SMILES string of the molecule is COCCC(C)C(N)COCC(F)(F)F. The van der Waals surface area contributed by atoms with E-state index < -0.39 is 12.8 Å². The van der Waals surface area contributed by atoms with Gasteiger partial charge in [0.25, 0.3) is 0 Å². The Labute approximate surface area is 87.7 Å². The highest BCUT2D eigenvalue weighted by Gasteiger charge is 2.28. The molecule has 0 aliphatic carbocycles. The number of hydrogen-bond donors (Lipinski definition) is 1. The van der Waals surface area contributed by atoms with Gasteiger partial charge in [-0.05, 0) is 12.3 Å². The molecule has 0 bridgehead atoms. The summed E-state index contributed by atoms with van der Waals surface area (Å²) in [6.45, 7) is 1.09. The van der Waals surface area contributed by atoms with Gasteiger partial charge in [0.05, 0.1) is 6.61 Å². The molecule has 0 aromatic heterocycles. The molecule has 3 nitrogen and oxygen atoms in total. The molecule has 0 aromatic carbocycles. The molecule has 0 amide bonds. The zero-order chi connectivity index (χ0) is 11.9. The third-order valence-electron chi connectivity index (χ3n) is 2.08. The average Bonchev–Trinajstić information content (AvgIpc) is 2.11. The van der Waals surface area contributed by atoms with Crippen LogP contribution in [0.3, 0.4) is 0 Å². The van der Waals surface area contributed by atoms with Gasteiger partial charge < -0.3 is 15.2 Å². The molecule has 0 heterocycles. The molecule has 0 rings (SSSR count). The van der Waals surface area contributed by atoms with Gasteiger partial charge in [0.2, 0.25) is 0 Å². The van der Waals surface area contributed by atoms with Gasteiger partial charge in [-0.2, -0.15) is 13.2 Å². The van der Waals surface area contributed by atoms with Gasteiger partial charge in [0, 0.05) is 19.8 Å². The van der Waals surface area contributed by atoms with E-state index >= 15 is 0 Å². The molecular weight excluding hydrogens is 211 g/mol. The highest BCUT2D eigenvalue weighted by Crippen LogP contribution is 2.15. The Morgan fingerprint density at radius 3 is 2.40 bits per heavy atom. The molecule has 0 aliphatic heterocycles. The molecule has 0 saturated carbocycles. The predicted molar refractivity (Wildman–Crippen MR) is 50.5 cm³/mol. The fourth-order valence-corrected chi connectivity index (χ4v) is 0.993. The van der Waals surface area contributed by atoms with Crippen LogP contribution in [0.5, 0.6) is 0 Å². The fourth-order valence-electron chi connectivity index (χ4n) is 0.993. The summed E-state index contributed by atoms with van der Waals surface area (Å²) in [4.78, 5) is 0. The molecule has 0 aromatic rings. The van der Waals surface area contributed by atoms with Crippen molar-refractivity contribution in [1.29, 1.82) is 0 Å². The summed E-state index contributed by atoms with van der Waals surface area (Å²) in [5.74, 6) is 0.0817. The van der Waals surface area contributed by atoms with Crippen LogP contribution in [0.1, 0.15) is 13.3 Å². The molecule has 0 saturated heterocycles. The smallest absolute Gasteiger partial charge is 0.385 e. The van der Waals surface area contributed by atoms with Crippen LogP contribution < -0.4 is 5.73 Å². The van der Waals surface area contributed by atoms with E-state index in [-0.39, 0.29) is 18.6 Å². The van der Waals surface area contributed by atoms with Crippen LogP contribution in [0.25, 0.3) is 0 Å². The van der Waals surface area contributed by atoms with E-state index in [0.29, 0.717) is 13.0 Å². The number of halogens is 3. The van der Waals surface area contributed by atoms with Gasteiger partial charge in [-0.1, -0.05) is 6.92 Å². The zero-order valence-corrected chi connectivity index (χ0v) is 9.01. The molecule has 2 N–H and O–H groups in total. The monoisotopic (exact) mass is 229 g/mol. The Kier molecular flexibility index (Phi) is 6.87. The minimum absolute atomic E-state index is 0.0790. The maximum atomic E-state index is 11.7. The maximum absolute atomic E-state index is 11.7. The van der Waals surface area contributed by atoms with Crippen molar-refractivity contribution in [3.05, 3.63) is 0 Å². The maximum Gasteiger partial charge on any atom is 0.411 e. The van der Waals surface area contributed by atoms with Crippen molar-refractivity contribution in [3.63, 3.8) is 0 Å². The van der Waals surface area contributed by atoms with Crippen LogP contribution in [0, 0.1) is 5.92 Å². The van der Waals surface area contributed by atoms with Crippen LogP contribution in [0.2, 0.25) is 0 Å². The first kappa shape index (κ1) is 14.7. The third kappa shape index (κ3) is 8.65. The molecule has 0 fully saturated rings. The van der Waals surface area contributed by atoms with E-state index in [1.807, 2.05) is 6.92 Å². The van der Waals surface area contributed by atoms with E-state index in [2.05, 4.69) is 4.74 Å². The van der Waals surface area contributed by atoms with Crippen molar-refractivity contribution in [2.24, 2.45) is 11.7 Å². The summed E-state index contributed by atoms with van der Waals surface area (Å²) >= 11 is 0. The number of ether oxygens (including phenoxy) is 2. The molecule has 0 aliphatic rings. The van der Waals surface area contributed by atoms with E-state index in [4.69, 9.17) is 10.5 Å². The van der Waals surface area contributed by atoms with Crippen molar-refractivity contribution < 1.29 is 22.6 Å². The number of rotatable bonds is 7. The summed E-state index contributed by atoms with van der Waals surface area (Å²) in [5, 5.41) is 0. The number of nitrogens with two attached hydrogens (primary N) is 1. The van der Waals surface area contributed by atoms with Crippen molar-refractivity contribution in [2.45, 2.75) is 25.6 Å². The van der Waals surface area contributed by atoms with Crippen LogP contribution in [0.15, 0.2) is 0 Å². The van der Waals surface area contributed by atoms with Crippen molar-refractivity contribution in [2.75, 3.05) is 26.9 Å². The molecule has 2 atom stereocenters. The van der Waals surface area contributed by atoms with E-state index in [1.165, 1.54) is 0 Å². The first-order chi connectivity index (χ1) is 6.87. The number of alkyl halides is 3. The first-order valence-electron chi connectivity index (χ1n) is 4.76. The Bertz CT molecular complexity index is 164. The van der Waals surface area contributed by atoms with Crippen LogP contribution in [0.4, 0.5) is 13.2 Å². The predicted octanol–water partition coefficient (Wildman–Crippen LogP) is 1.57. The van der Waals surface area contributed by atoms with Gasteiger partial charge in [-0.15, -0.1) is 0 Å². The van der Waals surface area contributed by atoms with E-state index in [9.17, 15) is 13.2 Å². The van der Waals surface area contributed by atoms with Gasteiger partial charge in [0.1, 0.15) is 6.61 Å².